The molecule has 1 saturated heterocycles. The monoisotopic (exact) mass is 359 g/mol. The summed E-state index contributed by atoms with van der Waals surface area (Å²) >= 11 is 6.05. The number of carbonyl (C=O) groups is 1. The van der Waals surface area contributed by atoms with Gasteiger partial charge in [0.15, 0.2) is 0 Å². The zero-order valence-corrected chi connectivity index (χ0v) is 15.4. The number of methoxy groups -OCH3 is 1. The van der Waals surface area contributed by atoms with Gasteiger partial charge in [-0.25, -0.2) is 4.79 Å². The van der Waals surface area contributed by atoms with Crippen molar-refractivity contribution >= 4 is 23.3 Å². The lowest BCUT2D eigenvalue weighted by molar-refractivity contribution is -0.0116. The van der Waals surface area contributed by atoms with Crippen LogP contribution in [0.25, 0.3) is 0 Å². The molecule has 0 saturated carbocycles. The number of pyridine rings is 1. The summed E-state index contributed by atoms with van der Waals surface area (Å²) in [5, 5.41) is 3.61. The Bertz CT molecular complexity index is 765. The molecular weight excluding hydrogens is 338 g/mol. The summed E-state index contributed by atoms with van der Waals surface area (Å²) in [5.41, 5.74) is 2.68. The predicted octanol–water partition coefficient (Wildman–Crippen LogP) is 4.50. The first-order chi connectivity index (χ1) is 11.9. The predicted molar refractivity (Wildman–Crippen MR) is 98.6 cm³/mol. The lowest BCUT2D eigenvalue weighted by atomic mass is 9.72. The maximum Gasteiger partial charge on any atom is 0.322 e. The highest BCUT2D eigenvalue weighted by atomic mass is 35.5. The van der Waals surface area contributed by atoms with Gasteiger partial charge in [-0.05, 0) is 35.9 Å². The zero-order valence-electron chi connectivity index (χ0n) is 14.6. The SMILES string of the molecule is COCc1cc(Cl)ccc1NC(=O)N1CC(C)(C)C1c1ccncc1. The number of ether oxygens (including phenoxy) is 1. The van der Waals surface area contributed by atoms with E-state index in [4.69, 9.17) is 16.3 Å². The number of urea groups is 1. The van der Waals surface area contributed by atoms with Gasteiger partial charge in [-0.1, -0.05) is 25.4 Å². The summed E-state index contributed by atoms with van der Waals surface area (Å²) in [4.78, 5) is 18.7. The molecule has 0 aliphatic carbocycles. The standard InChI is InChI=1S/C19H22ClN3O2/c1-19(2)12-23(17(19)13-6-8-21-9-7-13)18(24)22-16-5-4-15(20)10-14(16)11-25-3/h4-10,17H,11-12H2,1-3H3,(H,22,24). The summed E-state index contributed by atoms with van der Waals surface area (Å²) < 4.78 is 5.20. The van der Waals surface area contributed by atoms with Crippen LogP contribution >= 0.6 is 11.6 Å². The molecule has 2 heterocycles. The smallest absolute Gasteiger partial charge is 0.322 e. The molecule has 3 rings (SSSR count). The fraction of sp³-hybridized carbons (Fsp3) is 0.368. The van der Waals surface area contributed by atoms with Crippen LogP contribution in [0, 0.1) is 5.41 Å². The zero-order chi connectivity index (χ0) is 18.0. The van der Waals surface area contributed by atoms with Gasteiger partial charge in [0.1, 0.15) is 0 Å². The van der Waals surface area contributed by atoms with Crippen LogP contribution in [-0.2, 0) is 11.3 Å². The van der Waals surface area contributed by atoms with Crippen molar-refractivity contribution in [3.05, 3.63) is 58.9 Å². The maximum atomic E-state index is 12.8. The number of anilines is 1. The minimum Gasteiger partial charge on any atom is -0.380 e. The number of halogens is 1. The highest BCUT2D eigenvalue weighted by Crippen LogP contribution is 2.48. The number of amides is 2. The van der Waals surface area contributed by atoms with Gasteiger partial charge in [-0.15, -0.1) is 0 Å². The number of rotatable bonds is 4. The van der Waals surface area contributed by atoms with Crippen molar-refractivity contribution in [2.75, 3.05) is 19.0 Å². The number of likely N-dealkylation sites (tertiary alicyclic amines) is 1. The third-order valence-corrected chi connectivity index (χ3v) is 4.76. The maximum absolute atomic E-state index is 12.8. The minimum atomic E-state index is -0.124. The van der Waals surface area contributed by atoms with Crippen molar-refractivity contribution < 1.29 is 9.53 Å². The van der Waals surface area contributed by atoms with E-state index in [1.807, 2.05) is 17.0 Å². The van der Waals surface area contributed by atoms with Gasteiger partial charge in [-0.3, -0.25) is 4.98 Å². The Morgan fingerprint density at radius 2 is 2.08 bits per heavy atom. The largest absolute Gasteiger partial charge is 0.380 e. The van der Waals surface area contributed by atoms with Crippen LogP contribution in [0.15, 0.2) is 42.7 Å². The van der Waals surface area contributed by atoms with Crippen molar-refractivity contribution in [1.82, 2.24) is 9.88 Å². The normalized spacial score (nSPS) is 18.6. The highest BCUT2D eigenvalue weighted by molar-refractivity contribution is 6.30. The van der Waals surface area contributed by atoms with E-state index < -0.39 is 0 Å². The van der Waals surface area contributed by atoms with Crippen molar-refractivity contribution in [2.24, 2.45) is 5.41 Å². The van der Waals surface area contributed by atoms with Crippen molar-refractivity contribution in [3.8, 4) is 0 Å². The van der Waals surface area contributed by atoms with E-state index in [9.17, 15) is 4.79 Å². The molecule has 132 valence electrons. The molecular formula is C19H22ClN3O2. The number of benzene rings is 1. The Labute approximate surface area is 153 Å². The molecule has 1 aliphatic heterocycles. The summed E-state index contributed by atoms with van der Waals surface area (Å²) in [7, 11) is 1.62. The second kappa shape index (κ2) is 7.02. The molecule has 1 aromatic heterocycles. The first kappa shape index (κ1) is 17.7. The molecule has 1 unspecified atom stereocenters. The lowest BCUT2D eigenvalue weighted by Gasteiger charge is -2.54. The summed E-state index contributed by atoms with van der Waals surface area (Å²) in [6, 6.07) is 9.20. The van der Waals surface area contributed by atoms with Gasteiger partial charge in [-0.2, -0.15) is 0 Å². The molecule has 0 bridgehead atoms. The molecule has 1 aliphatic rings. The average Bonchev–Trinajstić information content (AvgIpc) is 2.56. The van der Waals surface area contributed by atoms with Crippen LogP contribution in [0.5, 0.6) is 0 Å². The lowest BCUT2D eigenvalue weighted by Crippen LogP contribution is -2.59. The fourth-order valence-corrected chi connectivity index (χ4v) is 3.63. The Morgan fingerprint density at radius 3 is 2.72 bits per heavy atom. The van der Waals surface area contributed by atoms with Crippen molar-refractivity contribution in [2.45, 2.75) is 26.5 Å². The number of carbonyl (C=O) groups excluding carboxylic acids is 1. The van der Waals surface area contributed by atoms with Crippen LogP contribution in [0.2, 0.25) is 5.02 Å². The molecule has 2 aromatic rings. The van der Waals surface area contributed by atoms with E-state index >= 15 is 0 Å². The van der Waals surface area contributed by atoms with Gasteiger partial charge in [0.25, 0.3) is 0 Å². The molecule has 25 heavy (non-hydrogen) atoms. The minimum absolute atomic E-state index is 0.0219. The Hall–Kier alpha value is -2.11. The number of nitrogens with one attached hydrogen (secondary N) is 1. The van der Waals surface area contributed by atoms with Crippen LogP contribution in [0.1, 0.15) is 31.0 Å². The molecule has 0 spiro atoms. The molecule has 1 atom stereocenters. The van der Waals surface area contributed by atoms with Crippen LogP contribution in [0.4, 0.5) is 10.5 Å². The van der Waals surface area contributed by atoms with E-state index in [2.05, 4.69) is 24.1 Å². The first-order valence-corrected chi connectivity index (χ1v) is 8.55. The van der Waals surface area contributed by atoms with Crippen LogP contribution < -0.4 is 5.32 Å². The Kier molecular flexibility index (Phi) is 4.97. The number of nitrogens with zero attached hydrogens (tertiary/aromatic N) is 2. The second-order valence-electron chi connectivity index (χ2n) is 6.96. The van der Waals surface area contributed by atoms with Crippen LogP contribution in [0.3, 0.4) is 0 Å². The number of hydrogen-bond acceptors (Lipinski definition) is 3. The topological polar surface area (TPSA) is 54.5 Å². The van der Waals surface area contributed by atoms with Gasteiger partial charge in [0.05, 0.1) is 12.6 Å². The van der Waals surface area contributed by atoms with Crippen LogP contribution in [-0.4, -0.2) is 29.6 Å². The van der Waals surface area contributed by atoms with E-state index in [1.165, 1.54) is 0 Å². The van der Waals surface area contributed by atoms with Crippen molar-refractivity contribution in [3.63, 3.8) is 0 Å². The van der Waals surface area contributed by atoms with E-state index in [1.54, 1.807) is 37.7 Å². The summed E-state index contributed by atoms with van der Waals surface area (Å²) in [6.45, 7) is 5.41. The number of aromatic nitrogens is 1. The molecule has 0 radical (unpaired) electrons. The molecule has 5 nitrogen and oxygen atoms in total. The Morgan fingerprint density at radius 1 is 1.36 bits per heavy atom. The molecule has 1 N–H and O–H groups in total. The van der Waals surface area contributed by atoms with Crippen molar-refractivity contribution in [1.29, 1.82) is 0 Å². The van der Waals surface area contributed by atoms with Gasteiger partial charge < -0.3 is 15.0 Å². The quantitative estimate of drug-likeness (QED) is 0.874. The average molecular weight is 360 g/mol. The highest BCUT2D eigenvalue weighted by Gasteiger charge is 2.48. The second-order valence-corrected chi connectivity index (χ2v) is 7.40. The first-order valence-electron chi connectivity index (χ1n) is 8.17. The fourth-order valence-electron chi connectivity index (χ4n) is 3.44. The third-order valence-electron chi connectivity index (χ3n) is 4.52. The number of hydrogen-bond donors (Lipinski definition) is 1. The Balaban J connectivity index is 1.80. The third kappa shape index (κ3) is 3.62. The van der Waals surface area contributed by atoms with E-state index in [-0.39, 0.29) is 17.5 Å². The van der Waals surface area contributed by atoms with E-state index in [0.717, 1.165) is 16.8 Å². The van der Waals surface area contributed by atoms with Gasteiger partial charge in [0.2, 0.25) is 0 Å². The summed E-state index contributed by atoms with van der Waals surface area (Å²) in [5.74, 6) is 0. The van der Waals surface area contributed by atoms with Gasteiger partial charge in [0, 0.05) is 47.7 Å². The van der Waals surface area contributed by atoms with Gasteiger partial charge >= 0.3 is 6.03 Å². The summed E-state index contributed by atoms with van der Waals surface area (Å²) in [6.07, 6.45) is 3.52. The molecule has 1 fully saturated rings. The molecule has 1 aromatic carbocycles. The molecule has 6 heteroatoms. The molecule has 2 amide bonds. The van der Waals surface area contributed by atoms with E-state index in [0.29, 0.717) is 18.2 Å².